The molecule has 0 aromatic rings. The van der Waals surface area contributed by atoms with Crippen molar-refractivity contribution in [1.29, 1.82) is 0 Å². The Morgan fingerprint density at radius 2 is 0.500 bits per heavy atom. The van der Waals surface area contributed by atoms with E-state index in [0.29, 0.717) is 0 Å². The summed E-state index contributed by atoms with van der Waals surface area (Å²) in [5, 5.41) is 134. The number of hydrogen-bond donors (Lipinski definition) is 14. The molecule has 0 unspecified atom stereocenters. The zero-order valence-electron chi connectivity index (χ0n) is 28.4. The third-order valence-electron chi connectivity index (χ3n) is 7.47. The molecule has 0 aliphatic carbocycles. The second-order valence-corrected chi connectivity index (χ2v) is 11.9. The van der Waals surface area contributed by atoms with Crippen LogP contribution in [0.25, 0.3) is 0 Å². The summed E-state index contributed by atoms with van der Waals surface area (Å²) in [7, 11) is 0. The lowest BCUT2D eigenvalue weighted by atomic mass is 10.0. The van der Waals surface area contributed by atoms with Crippen molar-refractivity contribution in [2.24, 2.45) is 0 Å². The number of carbonyl (C=O) groups is 4. The maximum atomic E-state index is 11.9. The normalized spacial score (nSPS) is 18.7. The predicted octanol–water partition coefficient (Wildman–Crippen LogP) is -7.40. The Bertz CT molecular complexity index is 938. The topological polar surface area (TPSA) is 388 Å². The van der Waals surface area contributed by atoms with E-state index in [1.165, 1.54) is 0 Å². The molecule has 0 amide bonds. The minimum atomic E-state index is -2.04. The van der Waals surface area contributed by atoms with Crippen molar-refractivity contribution in [3.05, 3.63) is 0 Å². The van der Waals surface area contributed by atoms with E-state index in [1.54, 1.807) is 0 Å². The number of carbonyl (C=O) groups excluding carboxylic acids is 4. The fourth-order valence-electron chi connectivity index (χ4n) is 4.06. The molecule has 0 spiro atoms. The van der Waals surface area contributed by atoms with Gasteiger partial charge >= 0.3 is 23.9 Å². The van der Waals surface area contributed by atoms with Crippen LogP contribution in [0.4, 0.5) is 0 Å². The van der Waals surface area contributed by atoms with E-state index in [2.05, 4.69) is 0 Å². The molecule has 0 heterocycles. The summed E-state index contributed by atoms with van der Waals surface area (Å²) in [6.07, 6.45) is -22.8. The Hall–Kier alpha value is -2.68. The molecular weight excluding hydrogens is 712 g/mol. The molecule has 0 radical (unpaired) electrons. The van der Waals surface area contributed by atoms with Crippen LogP contribution in [0.15, 0.2) is 0 Å². The first kappa shape index (κ1) is 49.3. The lowest BCUT2D eigenvalue weighted by Crippen LogP contribution is -2.48. The highest BCUT2D eigenvalue weighted by Gasteiger charge is 2.33. The number of hydrogen-bond acceptors (Lipinski definition) is 22. The van der Waals surface area contributed by atoms with Gasteiger partial charge in [-0.1, -0.05) is 0 Å². The lowest BCUT2D eigenvalue weighted by Gasteiger charge is -2.26. The van der Waals surface area contributed by atoms with Crippen molar-refractivity contribution >= 4 is 23.9 Å². The SMILES string of the molecule is O=C(CCCCC(=O)OC[C@H](O)[C@@H](O)[C@H](O)[C@H](O)COC(=O)CCCCC(=O)OC[C@H](O)[C@@H](O)[C@H](O)[C@H](O)CO)OC[C@@H](O)[C@@H](O)[C@H](O)[C@@H](O)CO. The monoisotopic (exact) mass is 766 g/mol. The van der Waals surface area contributed by atoms with Crippen LogP contribution < -0.4 is 0 Å². The van der Waals surface area contributed by atoms with Gasteiger partial charge in [0.05, 0.1) is 13.2 Å². The van der Waals surface area contributed by atoms with Crippen LogP contribution in [-0.2, 0) is 38.1 Å². The molecule has 0 saturated heterocycles. The van der Waals surface area contributed by atoms with E-state index in [0.717, 1.165) is 0 Å². The second kappa shape index (κ2) is 27.0. The number of unbranched alkanes of at least 4 members (excludes halogenated alkanes) is 2. The first-order valence-corrected chi connectivity index (χ1v) is 16.4. The molecule has 22 heteroatoms. The largest absolute Gasteiger partial charge is 0.463 e. The molecule has 14 N–H and O–H groups in total. The van der Waals surface area contributed by atoms with E-state index < -0.39 is 137 Å². The summed E-state index contributed by atoms with van der Waals surface area (Å²) >= 11 is 0. The van der Waals surface area contributed by atoms with Crippen molar-refractivity contribution in [3.8, 4) is 0 Å². The average molecular weight is 767 g/mol. The van der Waals surface area contributed by atoms with Gasteiger partial charge in [0.15, 0.2) is 0 Å². The molecule has 0 rings (SSSR count). The predicted molar refractivity (Wildman–Crippen MR) is 167 cm³/mol. The molecule has 306 valence electrons. The first-order valence-electron chi connectivity index (χ1n) is 16.4. The van der Waals surface area contributed by atoms with Crippen LogP contribution in [0.2, 0.25) is 0 Å². The van der Waals surface area contributed by atoms with E-state index >= 15 is 0 Å². The molecule has 0 aromatic heterocycles. The van der Waals surface area contributed by atoms with Gasteiger partial charge in [-0.05, 0) is 25.7 Å². The smallest absolute Gasteiger partial charge is 0.305 e. The van der Waals surface area contributed by atoms with Gasteiger partial charge in [0.2, 0.25) is 0 Å². The Balaban J connectivity index is 4.21. The van der Waals surface area contributed by atoms with E-state index in [-0.39, 0.29) is 51.4 Å². The second-order valence-electron chi connectivity index (χ2n) is 11.9. The number of esters is 4. The van der Waals surface area contributed by atoms with E-state index in [4.69, 9.17) is 29.2 Å². The van der Waals surface area contributed by atoms with E-state index in [1.807, 2.05) is 0 Å². The summed E-state index contributed by atoms with van der Waals surface area (Å²) in [4.78, 5) is 47.4. The molecule has 0 aliphatic heterocycles. The average Bonchev–Trinajstić information content (AvgIpc) is 3.14. The highest BCUT2D eigenvalue weighted by atomic mass is 16.6. The van der Waals surface area contributed by atoms with Gasteiger partial charge in [-0.15, -0.1) is 0 Å². The maximum absolute atomic E-state index is 11.9. The van der Waals surface area contributed by atoms with Gasteiger partial charge in [-0.25, -0.2) is 0 Å². The fourth-order valence-corrected chi connectivity index (χ4v) is 4.06. The molecule has 0 saturated carbocycles. The van der Waals surface area contributed by atoms with Gasteiger partial charge in [0.25, 0.3) is 0 Å². The molecule has 12 atom stereocenters. The Kier molecular flexibility index (Phi) is 25.6. The highest BCUT2D eigenvalue weighted by Crippen LogP contribution is 2.11. The van der Waals surface area contributed by atoms with Crippen LogP contribution in [0.3, 0.4) is 0 Å². The standard InChI is InChI=1S/C30H54O22/c31-9-15(33)25(43)27(45)17(35)11-49-21(39)5-1-3-7-23(41)51-13-19(37)29(47)30(48)20(38)14-52-24(42)8-4-2-6-22(40)50-12-18(36)28(46)26(44)16(34)10-32/h15-20,25-38,43-48H,1-14H2/t15-,16+,17+,18-,19-,20+,25-,26-,27-,28-,29-,30-/m1/s1. The molecule has 22 nitrogen and oxygen atoms in total. The minimum Gasteiger partial charge on any atom is -0.463 e. The van der Waals surface area contributed by atoms with Gasteiger partial charge in [0.1, 0.15) is 99.7 Å². The molecule has 0 aromatic carbocycles. The van der Waals surface area contributed by atoms with Gasteiger partial charge in [-0.3, -0.25) is 19.2 Å². The van der Waals surface area contributed by atoms with Crippen LogP contribution in [0.5, 0.6) is 0 Å². The van der Waals surface area contributed by atoms with Gasteiger partial charge < -0.3 is 90.4 Å². The summed E-state index contributed by atoms with van der Waals surface area (Å²) in [6, 6.07) is 0. The number of rotatable bonds is 29. The Labute approximate surface area is 298 Å². The summed E-state index contributed by atoms with van der Waals surface area (Å²) in [5.74, 6) is -3.34. The van der Waals surface area contributed by atoms with Crippen molar-refractivity contribution in [3.63, 3.8) is 0 Å². The molecule has 0 fully saturated rings. The van der Waals surface area contributed by atoms with Crippen LogP contribution in [-0.4, -0.2) is 208 Å². The number of ether oxygens (including phenoxy) is 4. The Morgan fingerprint density at radius 3 is 0.673 bits per heavy atom. The third kappa shape index (κ3) is 20.0. The number of aliphatic hydroxyl groups excluding tert-OH is 14. The lowest BCUT2D eigenvalue weighted by molar-refractivity contribution is -0.163. The van der Waals surface area contributed by atoms with E-state index in [9.17, 15) is 80.5 Å². The first-order chi connectivity index (χ1) is 24.4. The maximum Gasteiger partial charge on any atom is 0.305 e. The van der Waals surface area contributed by atoms with Crippen molar-refractivity contribution in [1.82, 2.24) is 0 Å². The van der Waals surface area contributed by atoms with Crippen molar-refractivity contribution < 1.29 is 110 Å². The molecule has 52 heavy (non-hydrogen) atoms. The quantitative estimate of drug-likeness (QED) is 0.0191. The van der Waals surface area contributed by atoms with Crippen molar-refractivity contribution in [2.75, 3.05) is 39.6 Å². The molecule has 0 aliphatic rings. The Morgan fingerprint density at radius 1 is 0.327 bits per heavy atom. The molecular formula is C30H54O22. The van der Waals surface area contributed by atoms with Crippen LogP contribution >= 0.6 is 0 Å². The summed E-state index contributed by atoms with van der Waals surface area (Å²) in [5.41, 5.74) is 0. The summed E-state index contributed by atoms with van der Waals surface area (Å²) in [6.45, 7) is -4.79. The van der Waals surface area contributed by atoms with Crippen molar-refractivity contribution in [2.45, 2.75) is 125 Å². The minimum absolute atomic E-state index is 0.107. The fraction of sp³-hybridized carbons (Fsp3) is 0.867. The summed E-state index contributed by atoms with van der Waals surface area (Å²) < 4.78 is 19.1. The van der Waals surface area contributed by atoms with Gasteiger partial charge in [0, 0.05) is 25.7 Å². The van der Waals surface area contributed by atoms with Crippen LogP contribution in [0, 0.1) is 0 Å². The highest BCUT2D eigenvalue weighted by molar-refractivity contribution is 5.71. The zero-order chi connectivity index (χ0) is 40.0. The zero-order valence-corrected chi connectivity index (χ0v) is 28.4. The molecule has 0 bridgehead atoms. The van der Waals surface area contributed by atoms with Gasteiger partial charge in [-0.2, -0.15) is 0 Å². The number of aliphatic hydroxyl groups is 14. The third-order valence-corrected chi connectivity index (χ3v) is 7.47. The van der Waals surface area contributed by atoms with Crippen LogP contribution in [0.1, 0.15) is 51.4 Å².